The van der Waals surface area contributed by atoms with Crippen LogP contribution in [0.4, 0.5) is 10.1 Å². The first kappa shape index (κ1) is 28.6. The fourth-order valence-electron chi connectivity index (χ4n) is 4.71. The Morgan fingerprint density at radius 3 is 2.67 bits per heavy atom. The van der Waals surface area contributed by atoms with E-state index in [1.165, 1.54) is 60.1 Å². The first-order valence-corrected chi connectivity index (χ1v) is 13.2. The third-order valence-corrected chi connectivity index (χ3v) is 6.77. The Morgan fingerprint density at radius 2 is 1.98 bits per heavy atom. The zero-order chi connectivity index (χ0) is 30.1. The van der Waals surface area contributed by atoms with Crippen molar-refractivity contribution in [2.75, 3.05) is 25.6 Å². The topological polar surface area (TPSA) is 146 Å². The lowest BCUT2D eigenvalue weighted by atomic mass is 9.91. The van der Waals surface area contributed by atoms with Crippen molar-refractivity contribution in [1.29, 1.82) is 5.26 Å². The molecule has 5 rings (SSSR count). The molecule has 0 aliphatic carbocycles. The number of benzene rings is 1. The highest BCUT2D eigenvalue weighted by Crippen LogP contribution is 2.38. The van der Waals surface area contributed by atoms with Crippen LogP contribution in [0.1, 0.15) is 58.7 Å². The van der Waals surface area contributed by atoms with Gasteiger partial charge in [-0.15, -0.1) is 0 Å². The molecule has 0 fully saturated rings. The average molecular weight is 594 g/mol. The van der Waals surface area contributed by atoms with Gasteiger partial charge in [-0.3, -0.25) is 4.79 Å². The molecule has 0 radical (unpaired) electrons. The number of methoxy groups -OCH3 is 1. The molecular formula is C28H25ClFN7O5. The molecule has 3 aromatic heterocycles. The molecule has 1 aliphatic rings. The number of halogens is 2. The van der Waals surface area contributed by atoms with Crippen LogP contribution in [0, 0.1) is 17.1 Å². The third-order valence-electron chi connectivity index (χ3n) is 6.56. The lowest BCUT2D eigenvalue weighted by molar-refractivity contribution is 0.0435. The van der Waals surface area contributed by atoms with Crippen molar-refractivity contribution in [1.82, 2.24) is 24.3 Å². The molecule has 4 heterocycles. The first-order valence-electron chi connectivity index (χ1n) is 12.8. The lowest BCUT2D eigenvalue weighted by Crippen LogP contribution is -2.25. The van der Waals surface area contributed by atoms with E-state index in [2.05, 4.69) is 20.4 Å². The maximum atomic E-state index is 15.0. The van der Waals surface area contributed by atoms with Gasteiger partial charge in [0.25, 0.3) is 5.56 Å². The lowest BCUT2D eigenvalue weighted by Gasteiger charge is -2.24. The smallest absolute Gasteiger partial charge is 0.359 e. The van der Waals surface area contributed by atoms with Crippen LogP contribution in [0.5, 0.6) is 11.9 Å². The number of rotatable bonds is 6. The number of nitriles is 1. The SMILES string of the molecule is COc1ncc2c(n1)OCCOC(=O)c1nn-2c(C(C)C)c1C(Nc1cc(Cl)cn(C)c1=O)c1ccc(C#N)c(F)c1. The summed E-state index contributed by atoms with van der Waals surface area (Å²) in [6.45, 7) is 3.64. The van der Waals surface area contributed by atoms with Gasteiger partial charge in [-0.25, -0.2) is 18.9 Å². The van der Waals surface area contributed by atoms with Gasteiger partial charge in [0.05, 0.1) is 35.6 Å². The highest BCUT2D eigenvalue weighted by Gasteiger charge is 2.35. The Hall–Kier alpha value is -4.96. The van der Waals surface area contributed by atoms with Crippen molar-refractivity contribution in [2.24, 2.45) is 7.05 Å². The molecule has 1 atom stereocenters. The van der Waals surface area contributed by atoms with Crippen molar-refractivity contribution in [3.8, 4) is 23.6 Å². The Labute approximate surface area is 244 Å². The molecule has 14 heteroatoms. The molecule has 2 bridgehead atoms. The van der Waals surface area contributed by atoms with E-state index in [1.807, 2.05) is 13.8 Å². The molecule has 0 amide bonds. The van der Waals surface area contributed by atoms with Gasteiger partial charge in [-0.2, -0.15) is 15.3 Å². The minimum absolute atomic E-state index is 0.00651. The molecule has 1 N–H and O–H groups in total. The third kappa shape index (κ3) is 5.24. The van der Waals surface area contributed by atoms with Gasteiger partial charge in [0.2, 0.25) is 5.88 Å². The number of fused-ring (bicyclic) bond motifs is 4. The van der Waals surface area contributed by atoms with Crippen molar-refractivity contribution < 1.29 is 23.4 Å². The number of cyclic esters (lactones) is 1. The standard InChI is InChI=1S/C28H25ClFN7O5/c1-14(2)24-21(23-27(39)42-8-7-41-25-20(37(24)35-23)12-32-28(34-25)40-4)22(15-5-6-16(11-31)18(30)9-15)33-19-10-17(29)13-36(3)26(19)38/h5-6,9-10,12-14,22,33H,7-8H2,1-4H3. The van der Waals surface area contributed by atoms with Crippen LogP contribution in [-0.4, -0.2) is 50.6 Å². The number of ether oxygens (including phenoxy) is 3. The van der Waals surface area contributed by atoms with Crippen molar-refractivity contribution >= 4 is 23.3 Å². The normalized spacial score (nSPS) is 13.4. The van der Waals surface area contributed by atoms with E-state index in [1.54, 1.807) is 6.07 Å². The second kappa shape index (κ2) is 11.5. The fourth-order valence-corrected chi connectivity index (χ4v) is 4.96. The highest BCUT2D eigenvalue weighted by atomic mass is 35.5. The maximum Gasteiger partial charge on any atom is 0.359 e. The van der Waals surface area contributed by atoms with Gasteiger partial charge in [0.15, 0.2) is 5.69 Å². The van der Waals surface area contributed by atoms with Gasteiger partial charge in [0, 0.05) is 18.8 Å². The Bertz CT molecular complexity index is 1800. The minimum Gasteiger partial charge on any atom is -0.472 e. The van der Waals surface area contributed by atoms with E-state index in [0.29, 0.717) is 22.5 Å². The van der Waals surface area contributed by atoms with E-state index in [-0.39, 0.29) is 53.0 Å². The second-order valence-electron chi connectivity index (χ2n) is 9.66. The zero-order valence-electron chi connectivity index (χ0n) is 23.0. The first-order chi connectivity index (χ1) is 20.1. The molecule has 1 unspecified atom stereocenters. The number of aromatic nitrogens is 5. The van der Waals surface area contributed by atoms with Crippen molar-refractivity contribution in [2.45, 2.75) is 25.8 Å². The molecular weight excluding hydrogens is 569 g/mol. The summed E-state index contributed by atoms with van der Waals surface area (Å²) >= 11 is 6.28. The largest absolute Gasteiger partial charge is 0.472 e. The summed E-state index contributed by atoms with van der Waals surface area (Å²) in [5.74, 6) is -1.69. The summed E-state index contributed by atoms with van der Waals surface area (Å²) in [4.78, 5) is 35.1. The molecule has 216 valence electrons. The van der Waals surface area contributed by atoms with E-state index in [0.717, 1.165) is 0 Å². The number of anilines is 1. The zero-order valence-corrected chi connectivity index (χ0v) is 23.8. The summed E-state index contributed by atoms with van der Waals surface area (Å²) in [5.41, 5.74) is 0.864. The van der Waals surface area contributed by atoms with E-state index >= 15 is 4.39 Å². The van der Waals surface area contributed by atoms with Gasteiger partial charge < -0.3 is 24.1 Å². The number of carbonyl (C=O) groups excluding carboxylic acids is 1. The second-order valence-corrected chi connectivity index (χ2v) is 10.1. The number of hydrogen-bond donors (Lipinski definition) is 1. The van der Waals surface area contributed by atoms with Crippen LogP contribution < -0.4 is 20.3 Å². The summed E-state index contributed by atoms with van der Waals surface area (Å²) in [5, 5.41) is 17.4. The number of hydrogen-bond acceptors (Lipinski definition) is 10. The Kier molecular flexibility index (Phi) is 7.82. The molecule has 1 aliphatic heterocycles. The molecule has 0 saturated heterocycles. The fraction of sp³-hybridized carbons (Fsp3) is 0.286. The molecule has 42 heavy (non-hydrogen) atoms. The Balaban J connectivity index is 1.84. The van der Waals surface area contributed by atoms with E-state index < -0.39 is 23.4 Å². The highest BCUT2D eigenvalue weighted by molar-refractivity contribution is 6.30. The van der Waals surface area contributed by atoms with Crippen LogP contribution >= 0.6 is 11.6 Å². The van der Waals surface area contributed by atoms with Gasteiger partial charge in [-0.05, 0) is 29.7 Å². The van der Waals surface area contributed by atoms with Gasteiger partial charge in [-0.1, -0.05) is 31.5 Å². The van der Waals surface area contributed by atoms with Crippen molar-refractivity contribution in [3.63, 3.8) is 0 Å². The summed E-state index contributed by atoms with van der Waals surface area (Å²) in [7, 11) is 2.96. The number of nitrogens with zero attached hydrogens (tertiary/aromatic N) is 6. The quantitative estimate of drug-likeness (QED) is 0.326. The number of nitrogens with one attached hydrogen (secondary N) is 1. The van der Waals surface area contributed by atoms with E-state index in [9.17, 15) is 14.9 Å². The van der Waals surface area contributed by atoms with Gasteiger partial charge >= 0.3 is 12.0 Å². The minimum atomic E-state index is -1.03. The molecule has 1 aromatic carbocycles. The van der Waals surface area contributed by atoms with Crippen LogP contribution in [-0.2, 0) is 11.8 Å². The molecule has 0 saturated carbocycles. The predicted molar refractivity (Wildman–Crippen MR) is 149 cm³/mol. The number of esters is 1. The van der Waals surface area contributed by atoms with Crippen LogP contribution in [0.15, 0.2) is 41.5 Å². The predicted octanol–water partition coefficient (Wildman–Crippen LogP) is 3.91. The van der Waals surface area contributed by atoms with Crippen LogP contribution in [0.25, 0.3) is 5.69 Å². The van der Waals surface area contributed by atoms with Gasteiger partial charge in [0.1, 0.15) is 36.5 Å². The van der Waals surface area contributed by atoms with Crippen LogP contribution in [0.3, 0.4) is 0 Å². The number of aryl methyl sites for hydroxylation is 1. The van der Waals surface area contributed by atoms with Crippen molar-refractivity contribution in [3.05, 3.63) is 85.9 Å². The van der Waals surface area contributed by atoms with Crippen LogP contribution in [0.2, 0.25) is 5.02 Å². The number of carbonyl (C=O) groups is 1. The Morgan fingerprint density at radius 1 is 1.21 bits per heavy atom. The summed E-state index contributed by atoms with van der Waals surface area (Å²) in [6.07, 6.45) is 2.91. The molecule has 4 aromatic rings. The molecule has 12 nitrogen and oxygen atoms in total. The molecule has 0 spiro atoms. The summed E-state index contributed by atoms with van der Waals surface area (Å²) < 4.78 is 34.2. The average Bonchev–Trinajstić information content (AvgIpc) is 3.36. The van der Waals surface area contributed by atoms with E-state index in [4.69, 9.17) is 25.8 Å². The monoisotopic (exact) mass is 593 g/mol. The summed E-state index contributed by atoms with van der Waals surface area (Å²) in [6, 6.07) is 6.30. The maximum absolute atomic E-state index is 15.0. The number of pyridine rings is 1.